The summed E-state index contributed by atoms with van der Waals surface area (Å²) < 4.78 is 10.7. The third kappa shape index (κ3) is 2.64. The van der Waals surface area contributed by atoms with Crippen molar-refractivity contribution in [1.29, 1.82) is 0 Å². The van der Waals surface area contributed by atoms with E-state index in [1.807, 2.05) is 0 Å². The van der Waals surface area contributed by atoms with Gasteiger partial charge >= 0.3 is 0 Å². The van der Waals surface area contributed by atoms with Gasteiger partial charge in [-0.15, -0.1) is 0 Å². The summed E-state index contributed by atoms with van der Waals surface area (Å²) in [4.78, 5) is 4.47. The average molecular weight is 294 g/mol. The SMILES string of the molecule is COc1ccc(Cl)cc1-c1nc(C2CCCCN2)no1. The van der Waals surface area contributed by atoms with E-state index in [1.54, 1.807) is 25.3 Å². The lowest BCUT2D eigenvalue weighted by molar-refractivity contribution is 0.365. The first-order valence-corrected chi connectivity index (χ1v) is 7.06. The second-order valence-corrected chi connectivity index (χ2v) is 5.24. The summed E-state index contributed by atoms with van der Waals surface area (Å²) in [5.41, 5.74) is 0.717. The molecule has 1 aliphatic heterocycles. The Kier molecular flexibility index (Phi) is 3.89. The molecule has 0 spiro atoms. The summed E-state index contributed by atoms with van der Waals surface area (Å²) in [7, 11) is 1.60. The molecule has 1 unspecified atom stereocenters. The first-order chi connectivity index (χ1) is 9.78. The van der Waals surface area contributed by atoms with Gasteiger partial charge < -0.3 is 14.6 Å². The van der Waals surface area contributed by atoms with Gasteiger partial charge in [0.2, 0.25) is 0 Å². The highest BCUT2D eigenvalue weighted by Gasteiger charge is 2.22. The van der Waals surface area contributed by atoms with Crippen LogP contribution in [0.25, 0.3) is 11.5 Å². The van der Waals surface area contributed by atoms with Gasteiger partial charge in [-0.3, -0.25) is 0 Å². The number of ether oxygens (including phenoxy) is 1. The van der Waals surface area contributed by atoms with Crippen LogP contribution >= 0.6 is 11.6 Å². The third-order valence-electron chi connectivity index (χ3n) is 3.46. The number of benzene rings is 1. The summed E-state index contributed by atoms with van der Waals surface area (Å²) in [5, 5.41) is 8.08. The van der Waals surface area contributed by atoms with Crippen molar-refractivity contribution in [3.63, 3.8) is 0 Å². The molecule has 1 atom stereocenters. The maximum absolute atomic E-state index is 6.02. The zero-order chi connectivity index (χ0) is 13.9. The van der Waals surface area contributed by atoms with Crippen LogP contribution in [0.3, 0.4) is 0 Å². The molecule has 1 aromatic carbocycles. The molecule has 2 aromatic rings. The van der Waals surface area contributed by atoms with Crippen LogP contribution in [-0.4, -0.2) is 23.8 Å². The first kappa shape index (κ1) is 13.4. The highest BCUT2D eigenvalue weighted by molar-refractivity contribution is 6.30. The van der Waals surface area contributed by atoms with Crippen molar-refractivity contribution in [2.45, 2.75) is 25.3 Å². The van der Waals surface area contributed by atoms with Crippen molar-refractivity contribution in [2.75, 3.05) is 13.7 Å². The molecule has 0 aliphatic carbocycles. The van der Waals surface area contributed by atoms with Gasteiger partial charge in [0.1, 0.15) is 5.75 Å². The molecule has 2 heterocycles. The third-order valence-corrected chi connectivity index (χ3v) is 3.69. The minimum Gasteiger partial charge on any atom is -0.496 e. The minimum atomic E-state index is 0.173. The van der Waals surface area contributed by atoms with Crippen LogP contribution in [0.15, 0.2) is 22.7 Å². The lowest BCUT2D eigenvalue weighted by Gasteiger charge is -2.19. The fourth-order valence-corrected chi connectivity index (χ4v) is 2.58. The molecule has 1 saturated heterocycles. The van der Waals surface area contributed by atoms with Crippen molar-refractivity contribution in [1.82, 2.24) is 15.5 Å². The topological polar surface area (TPSA) is 60.2 Å². The van der Waals surface area contributed by atoms with Crippen LogP contribution < -0.4 is 10.1 Å². The Balaban J connectivity index is 1.91. The molecule has 3 rings (SSSR count). The molecule has 1 aliphatic rings. The number of aromatic nitrogens is 2. The van der Waals surface area contributed by atoms with Crippen LogP contribution in [0.5, 0.6) is 5.75 Å². The fourth-order valence-electron chi connectivity index (χ4n) is 2.41. The Labute approximate surface area is 122 Å². The lowest BCUT2D eigenvalue weighted by atomic mass is 10.0. The summed E-state index contributed by atoms with van der Waals surface area (Å²) in [6, 6.07) is 5.50. The molecule has 0 radical (unpaired) electrons. The number of halogens is 1. The Morgan fingerprint density at radius 1 is 1.40 bits per heavy atom. The second kappa shape index (κ2) is 5.81. The molecular weight excluding hydrogens is 278 g/mol. The van der Waals surface area contributed by atoms with Gasteiger partial charge in [0.05, 0.1) is 18.7 Å². The highest BCUT2D eigenvalue weighted by Crippen LogP contribution is 2.32. The normalized spacial score (nSPS) is 19.0. The van der Waals surface area contributed by atoms with Crippen LogP contribution in [0.4, 0.5) is 0 Å². The average Bonchev–Trinajstić information content (AvgIpc) is 2.98. The van der Waals surface area contributed by atoms with E-state index < -0.39 is 0 Å². The predicted molar refractivity (Wildman–Crippen MR) is 75.9 cm³/mol. The zero-order valence-corrected chi connectivity index (χ0v) is 12.0. The minimum absolute atomic E-state index is 0.173. The number of piperidine rings is 1. The monoisotopic (exact) mass is 293 g/mol. The van der Waals surface area contributed by atoms with Crippen molar-refractivity contribution in [2.24, 2.45) is 0 Å². The van der Waals surface area contributed by atoms with E-state index in [1.165, 1.54) is 12.8 Å². The molecule has 1 N–H and O–H groups in total. The standard InChI is InChI=1S/C14H16ClN3O2/c1-19-12-6-5-9(15)8-10(12)14-17-13(18-20-14)11-4-2-3-7-16-11/h5-6,8,11,16H,2-4,7H2,1H3. The quantitative estimate of drug-likeness (QED) is 0.941. The Bertz CT molecular complexity index is 594. The Morgan fingerprint density at radius 3 is 3.05 bits per heavy atom. The maximum atomic E-state index is 6.02. The molecule has 1 fully saturated rings. The largest absolute Gasteiger partial charge is 0.496 e. The molecule has 1 aromatic heterocycles. The van der Waals surface area contributed by atoms with Gasteiger partial charge in [-0.05, 0) is 37.6 Å². The number of rotatable bonds is 3. The van der Waals surface area contributed by atoms with Gasteiger partial charge in [0, 0.05) is 5.02 Å². The van der Waals surface area contributed by atoms with E-state index >= 15 is 0 Å². The number of methoxy groups -OCH3 is 1. The van der Waals surface area contributed by atoms with E-state index in [0.29, 0.717) is 22.5 Å². The van der Waals surface area contributed by atoms with Crippen molar-refractivity contribution in [3.05, 3.63) is 29.0 Å². The maximum Gasteiger partial charge on any atom is 0.261 e. The molecule has 20 heavy (non-hydrogen) atoms. The smallest absolute Gasteiger partial charge is 0.261 e. The summed E-state index contributed by atoms with van der Waals surface area (Å²) >= 11 is 6.02. The molecule has 0 bridgehead atoms. The van der Waals surface area contributed by atoms with Crippen molar-refractivity contribution < 1.29 is 9.26 Å². The first-order valence-electron chi connectivity index (χ1n) is 6.69. The van der Waals surface area contributed by atoms with Gasteiger partial charge in [0.25, 0.3) is 5.89 Å². The lowest BCUT2D eigenvalue weighted by Crippen LogP contribution is -2.27. The number of nitrogens with zero attached hydrogens (tertiary/aromatic N) is 2. The Hall–Kier alpha value is -1.59. The van der Waals surface area contributed by atoms with E-state index in [0.717, 1.165) is 18.5 Å². The predicted octanol–water partition coefficient (Wildman–Crippen LogP) is 3.21. The van der Waals surface area contributed by atoms with Crippen molar-refractivity contribution >= 4 is 11.6 Å². The molecule has 5 nitrogen and oxygen atoms in total. The number of hydrogen-bond acceptors (Lipinski definition) is 5. The summed E-state index contributed by atoms with van der Waals surface area (Å²) in [6.45, 7) is 0.995. The molecule has 0 saturated carbocycles. The summed E-state index contributed by atoms with van der Waals surface area (Å²) in [5.74, 6) is 1.80. The molecule has 0 amide bonds. The van der Waals surface area contributed by atoms with Gasteiger partial charge in [-0.2, -0.15) is 4.98 Å². The van der Waals surface area contributed by atoms with E-state index in [4.69, 9.17) is 20.9 Å². The van der Waals surface area contributed by atoms with E-state index in [2.05, 4.69) is 15.5 Å². The van der Waals surface area contributed by atoms with Gasteiger partial charge in [-0.25, -0.2) is 0 Å². The second-order valence-electron chi connectivity index (χ2n) is 4.80. The molecule has 6 heteroatoms. The van der Waals surface area contributed by atoms with Crippen LogP contribution in [0.2, 0.25) is 5.02 Å². The molecule has 106 valence electrons. The van der Waals surface area contributed by atoms with E-state index in [9.17, 15) is 0 Å². The van der Waals surface area contributed by atoms with Gasteiger partial charge in [0.15, 0.2) is 5.82 Å². The number of nitrogens with one attached hydrogen (secondary N) is 1. The Morgan fingerprint density at radius 2 is 2.30 bits per heavy atom. The van der Waals surface area contributed by atoms with Crippen molar-refractivity contribution in [3.8, 4) is 17.2 Å². The van der Waals surface area contributed by atoms with Gasteiger partial charge in [-0.1, -0.05) is 23.2 Å². The number of hydrogen-bond donors (Lipinski definition) is 1. The molecular formula is C14H16ClN3O2. The summed E-state index contributed by atoms with van der Waals surface area (Å²) in [6.07, 6.45) is 3.41. The van der Waals surface area contributed by atoms with E-state index in [-0.39, 0.29) is 6.04 Å². The fraction of sp³-hybridized carbons (Fsp3) is 0.429. The van der Waals surface area contributed by atoms with Crippen LogP contribution in [0.1, 0.15) is 31.1 Å². The zero-order valence-electron chi connectivity index (χ0n) is 11.2. The van der Waals surface area contributed by atoms with Crippen LogP contribution in [0, 0.1) is 0 Å². The highest BCUT2D eigenvalue weighted by atomic mass is 35.5. The van der Waals surface area contributed by atoms with Crippen LogP contribution in [-0.2, 0) is 0 Å².